The summed E-state index contributed by atoms with van der Waals surface area (Å²) in [5.41, 5.74) is 0.258. The number of aromatic nitrogens is 1. The van der Waals surface area contributed by atoms with Crippen LogP contribution in [-0.4, -0.2) is 17.6 Å². The topological polar surface area (TPSA) is 47.3 Å². The Kier molecular flexibility index (Phi) is 4.09. The van der Waals surface area contributed by atoms with Crippen molar-refractivity contribution in [2.45, 2.75) is 32.9 Å². The molecule has 0 aliphatic carbocycles. The largest absolute Gasteiger partial charge is 0.496 e. The maximum absolute atomic E-state index is 13.9. The summed E-state index contributed by atoms with van der Waals surface area (Å²) in [4.78, 5) is 4.16. The molecule has 2 rings (SSSR count). The van der Waals surface area contributed by atoms with E-state index in [0.29, 0.717) is 29.5 Å². The molecule has 2 aromatic rings. The molecule has 0 spiro atoms. The highest BCUT2D eigenvalue weighted by molar-refractivity contribution is 5.65. The minimum atomic E-state index is -0.393. The average molecular weight is 278 g/mol. The molecule has 1 heterocycles. The number of hydrogen-bond donors (Lipinski definition) is 1. The summed E-state index contributed by atoms with van der Waals surface area (Å²) in [6.45, 7) is 6.64. The van der Waals surface area contributed by atoms with E-state index in [0.717, 1.165) is 0 Å². The lowest BCUT2D eigenvalue weighted by Gasteiger charge is -2.18. The maximum atomic E-state index is 13.9. The first-order chi connectivity index (χ1) is 9.40. The van der Waals surface area contributed by atoms with Gasteiger partial charge in [0.15, 0.2) is 5.76 Å². The van der Waals surface area contributed by atoms with Gasteiger partial charge in [0.1, 0.15) is 11.6 Å². The molecule has 20 heavy (non-hydrogen) atoms. The van der Waals surface area contributed by atoms with Crippen LogP contribution in [0.2, 0.25) is 0 Å². The van der Waals surface area contributed by atoms with E-state index in [1.807, 2.05) is 0 Å². The summed E-state index contributed by atoms with van der Waals surface area (Å²) in [7, 11) is 1.50. The normalized spacial score (nSPS) is 11.7. The Labute approximate surface area is 118 Å². The second-order valence-electron chi connectivity index (χ2n) is 5.54. The van der Waals surface area contributed by atoms with Gasteiger partial charge in [-0.05, 0) is 32.9 Å². The summed E-state index contributed by atoms with van der Waals surface area (Å²) >= 11 is 0. The van der Waals surface area contributed by atoms with Gasteiger partial charge >= 0.3 is 0 Å². The lowest BCUT2D eigenvalue weighted by molar-refractivity contribution is 0.381. The third-order valence-corrected chi connectivity index (χ3v) is 2.77. The Bertz CT molecular complexity index is 588. The fourth-order valence-corrected chi connectivity index (χ4v) is 1.76. The number of hydrogen-bond acceptors (Lipinski definition) is 4. The molecule has 1 N–H and O–H groups in total. The predicted molar refractivity (Wildman–Crippen MR) is 75.0 cm³/mol. The van der Waals surface area contributed by atoms with Crippen LogP contribution < -0.4 is 10.1 Å². The molecule has 1 aromatic heterocycles. The number of halogens is 1. The highest BCUT2D eigenvalue weighted by Gasteiger charge is 2.17. The highest BCUT2D eigenvalue weighted by Crippen LogP contribution is 2.32. The summed E-state index contributed by atoms with van der Waals surface area (Å²) in [5, 5.41) is 3.26. The zero-order valence-corrected chi connectivity index (χ0v) is 12.2. The Morgan fingerprint density at radius 3 is 2.75 bits per heavy atom. The van der Waals surface area contributed by atoms with Gasteiger partial charge in [-0.2, -0.15) is 0 Å². The van der Waals surface area contributed by atoms with E-state index in [9.17, 15) is 4.39 Å². The second-order valence-corrected chi connectivity index (χ2v) is 5.54. The van der Waals surface area contributed by atoms with Crippen molar-refractivity contribution in [1.29, 1.82) is 0 Å². The molecule has 0 amide bonds. The molecule has 0 aliphatic heterocycles. The summed E-state index contributed by atoms with van der Waals surface area (Å²) in [6.07, 6.45) is 1.51. The quantitative estimate of drug-likeness (QED) is 0.931. The minimum Gasteiger partial charge on any atom is -0.496 e. The molecule has 108 valence electrons. The molecule has 0 aliphatic rings. The van der Waals surface area contributed by atoms with Gasteiger partial charge in [-0.1, -0.05) is 6.07 Å². The van der Waals surface area contributed by atoms with Gasteiger partial charge in [0.25, 0.3) is 0 Å². The van der Waals surface area contributed by atoms with E-state index in [-0.39, 0.29) is 5.54 Å². The maximum Gasteiger partial charge on any atom is 0.208 e. The van der Waals surface area contributed by atoms with Crippen molar-refractivity contribution >= 4 is 0 Å². The van der Waals surface area contributed by atoms with Crippen LogP contribution in [-0.2, 0) is 6.54 Å². The third-order valence-electron chi connectivity index (χ3n) is 2.77. The van der Waals surface area contributed by atoms with Crippen LogP contribution in [0.15, 0.2) is 28.8 Å². The van der Waals surface area contributed by atoms with Crippen molar-refractivity contribution in [2.24, 2.45) is 0 Å². The number of rotatable bonds is 4. The number of oxazole rings is 1. The Morgan fingerprint density at radius 1 is 1.35 bits per heavy atom. The predicted octanol–water partition coefficient (Wildman–Crippen LogP) is 3.38. The third kappa shape index (κ3) is 3.36. The zero-order valence-electron chi connectivity index (χ0n) is 12.2. The number of benzene rings is 1. The molecule has 0 saturated heterocycles. The lowest BCUT2D eigenvalue weighted by Crippen LogP contribution is -2.35. The van der Waals surface area contributed by atoms with Gasteiger partial charge in [0.2, 0.25) is 5.89 Å². The van der Waals surface area contributed by atoms with Crippen LogP contribution in [0.25, 0.3) is 11.3 Å². The molecule has 5 heteroatoms. The Morgan fingerprint density at radius 2 is 2.10 bits per heavy atom. The number of methoxy groups -OCH3 is 1. The van der Waals surface area contributed by atoms with E-state index in [4.69, 9.17) is 9.15 Å². The first-order valence-corrected chi connectivity index (χ1v) is 6.43. The molecule has 0 saturated carbocycles. The number of ether oxygens (including phenoxy) is 1. The van der Waals surface area contributed by atoms with Crippen molar-refractivity contribution in [2.75, 3.05) is 7.11 Å². The van der Waals surface area contributed by atoms with Crippen LogP contribution >= 0.6 is 0 Å². The van der Waals surface area contributed by atoms with Gasteiger partial charge in [0.05, 0.1) is 25.4 Å². The Balaban J connectivity index is 2.25. The monoisotopic (exact) mass is 278 g/mol. The van der Waals surface area contributed by atoms with Crippen molar-refractivity contribution in [3.05, 3.63) is 36.1 Å². The number of nitrogens with zero attached hydrogens (tertiary/aromatic N) is 1. The first kappa shape index (κ1) is 14.5. The van der Waals surface area contributed by atoms with Crippen molar-refractivity contribution in [3.63, 3.8) is 0 Å². The fraction of sp³-hybridized carbons (Fsp3) is 0.400. The van der Waals surface area contributed by atoms with Crippen LogP contribution in [0.5, 0.6) is 5.75 Å². The van der Waals surface area contributed by atoms with E-state index in [1.165, 1.54) is 19.4 Å². The second kappa shape index (κ2) is 5.63. The number of nitrogens with one attached hydrogen (secondary N) is 1. The molecular weight excluding hydrogens is 259 g/mol. The fourth-order valence-electron chi connectivity index (χ4n) is 1.76. The van der Waals surface area contributed by atoms with E-state index < -0.39 is 5.82 Å². The van der Waals surface area contributed by atoms with E-state index >= 15 is 0 Å². The SMILES string of the molecule is COc1cccc(F)c1-c1cnc(CNC(C)(C)C)o1. The van der Waals surface area contributed by atoms with Crippen LogP contribution in [0.3, 0.4) is 0 Å². The highest BCUT2D eigenvalue weighted by atomic mass is 19.1. The molecule has 1 aromatic carbocycles. The van der Waals surface area contributed by atoms with Crippen LogP contribution in [0.1, 0.15) is 26.7 Å². The van der Waals surface area contributed by atoms with Gasteiger partial charge in [-0.3, -0.25) is 0 Å². The van der Waals surface area contributed by atoms with Crippen LogP contribution in [0, 0.1) is 5.82 Å². The lowest BCUT2D eigenvalue weighted by atomic mass is 10.1. The molecule has 0 fully saturated rings. The smallest absolute Gasteiger partial charge is 0.208 e. The van der Waals surface area contributed by atoms with Gasteiger partial charge < -0.3 is 14.5 Å². The molecular formula is C15H19FN2O2. The minimum absolute atomic E-state index is 0.0374. The van der Waals surface area contributed by atoms with Crippen molar-refractivity contribution in [1.82, 2.24) is 10.3 Å². The Hall–Kier alpha value is -1.88. The standard InChI is InChI=1S/C15H19FN2O2/c1-15(2,3)18-9-13-17-8-12(20-13)14-10(16)6-5-7-11(14)19-4/h5-8,18H,9H2,1-4H3. The first-order valence-electron chi connectivity index (χ1n) is 6.43. The molecule has 0 unspecified atom stereocenters. The summed E-state index contributed by atoms with van der Waals surface area (Å²) in [6, 6.07) is 4.65. The van der Waals surface area contributed by atoms with Crippen molar-refractivity contribution in [3.8, 4) is 17.1 Å². The van der Waals surface area contributed by atoms with E-state index in [1.54, 1.807) is 12.1 Å². The van der Waals surface area contributed by atoms with Crippen molar-refractivity contribution < 1.29 is 13.5 Å². The zero-order chi connectivity index (χ0) is 14.8. The molecule has 0 radical (unpaired) electrons. The van der Waals surface area contributed by atoms with Gasteiger partial charge in [-0.15, -0.1) is 0 Å². The molecule has 4 nitrogen and oxygen atoms in total. The average Bonchev–Trinajstić information content (AvgIpc) is 2.83. The summed E-state index contributed by atoms with van der Waals surface area (Å²) in [5.74, 6) is 0.915. The summed E-state index contributed by atoms with van der Waals surface area (Å²) < 4.78 is 24.7. The molecule has 0 atom stereocenters. The van der Waals surface area contributed by atoms with Gasteiger partial charge in [-0.25, -0.2) is 9.37 Å². The van der Waals surface area contributed by atoms with E-state index in [2.05, 4.69) is 31.1 Å². The van der Waals surface area contributed by atoms with Gasteiger partial charge in [0, 0.05) is 5.54 Å². The molecule has 0 bridgehead atoms. The van der Waals surface area contributed by atoms with Crippen LogP contribution in [0.4, 0.5) is 4.39 Å².